The van der Waals surface area contributed by atoms with E-state index in [1.54, 1.807) is 18.9 Å². The highest BCUT2D eigenvalue weighted by molar-refractivity contribution is 5.88. The van der Waals surface area contributed by atoms with Gasteiger partial charge in [0, 0.05) is 12.6 Å². The van der Waals surface area contributed by atoms with Crippen molar-refractivity contribution in [2.45, 2.75) is 65.1 Å². The van der Waals surface area contributed by atoms with Gasteiger partial charge >= 0.3 is 0 Å². The van der Waals surface area contributed by atoms with Crippen molar-refractivity contribution in [1.29, 1.82) is 0 Å². The first-order valence-electron chi connectivity index (χ1n) is 11.3. The summed E-state index contributed by atoms with van der Waals surface area (Å²) in [6.07, 6.45) is 4.27. The van der Waals surface area contributed by atoms with E-state index in [0.29, 0.717) is 12.3 Å². The summed E-state index contributed by atoms with van der Waals surface area (Å²) in [7, 11) is 1.62. The topological polar surface area (TPSA) is 67.9 Å². The zero-order valence-corrected chi connectivity index (χ0v) is 19.5. The number of rotatable bonds is 9. The third-order valence-corrected chi connectivity index (χ3v) is 5.94. The highest BCUT2D eigenvalue weighted by Gasteiger charge is 2.28. The largest absolute Gasteiger partial charge is 0.497 e. The standard InChI is InChI=1S/C26H34N2O4/c1-18-13-19(2)15-24(14-18)32-17-25(29)28(16-21-9-11-23(31-4)12-10-21)20(3)26(30)27-22-7-5-6-8-22/h9-15,20,22H,5-8,16-17H2,1-4H3,(H,27,30)/t20-/m1/s1. The molecule has 1 saturated carbocycles. The Balaban J connectivity index is 1.72. The van der Waals surface area contributed by atoms with E-state index < -0.39 is 6.04 Å². The molecule has 3 rings (SSSR count). The fourth-order valence-electron chi connectivity index (χ4n) is 4.15. The average molecular weight is 439 g/mol. The number of methoxy groups -OCH3 is 1. The number of nitrogens with one attached hydrogen (secondary N) is 1. The summed E-state index contributed by atoms with van der Waals surface area (Å²) in [6, 6.07) is 13.0. The zero-order valence-electron chi connectivity index (χ0n) is 19.5. The van der Waals surface area contributed by atoms with Crippen molar-refractivity contribution < 1.29 is 19.1 Å². The van der Waals surface area contributed by atoms with Crippen LogP contribution in [0.5, 0.6) is 11.5 Å². The van der Waals surface area contributed by atoms with Gasteiger partial charge in [0.1, 0.15) is 17.5 Å². The monoisotopic (exact) mass is 438 g/mol. The average Bonchev–Trinajstić information content (AvgIpc) is 3.28. The van der Waals surface area contributed by atoms with Crippen molar-refractivity contribution in [2.75, 3.05) is 13.7 Å². The minimum Gasteiger partial charge on any atom is -0.497 e. The molecule has 0 spiro atoms. The number of carbonyl (C=O) groups is 2. The first-order chi connectivity index (χ1) is 15.4. The van der Waals surface area contributed by atoms with E-state index in [4.69, 9.17) is 9.47 Å². The second-order valence-electron chi connectivity index (χ2n) is 8.65. The van der Waals surface area contributed by atoms with Crippen LogP contribution in [0, 0.1) is 13.8 Å². The Morgan fingerprint density at radius 1 is 1.03 bits per heavy atom. The van der Waals surface area contributed by atoms with Gasteiger partial charge in [0.25, 0.3) is 5.91 Å². The Bertz CT molecular complexity index is 900. The molecule has 0 aliphatic heterocycles. The lowest BCUT2D eigenvalue weighted by atomic mass is 10.1. The van der Waals surface area contributed by atoms with Crippen molar-refractivity contribution >= 4 is 11.8 Å². The molecule has 0 unspecified atom stereocenters. The molecule has 2 aromatic rings. The number of ether oxygens (including phenoxy) is 2. The molecule has 0 radical (unpaired) electrons. The van der Waals surface area contributed by atoms with Gasteiger partial charge in [0.2, 0.25) is 5.91 Å². The summed E-state index contributed by atoms with van der Waals surface area (Å²) in [5, 5.41) is 3.11. The third-order valence-electron chi connectivity index (χ3n) is 5.94. The van der Waals surface area contributed by atoms with Crippen molar-refractivity contribution in [3.8, 4) is 11.5 Å². The lowest BCUT2D eigenvalue weighted by molar-refractivity contribution is -0.142. The fraction of sp³-hybridized carbons (Fsp3) is 0.462. The zero-order chi connectivity index (χ0) is 23.1. The molecule has 2 amide bonds. The van der Waals surface area contributed by atoms with Crippen LogP contribution in [0.15, 0.2) is 42.5 Å². The molecule has 1 atom stereocenters. The second-order valence-corrected chi connectivity index (χ2v) is 8.65. The molecular weight excluding hydrogens is 404 g/mol. The molecule has 0 bridgehead atoms. The van der Waals surface area contributed by atoms with Gasteiger partial charge < -0.3 is 19.7 Å². The van der Waals surface area contributed by atoms with Crippen molar-refractivity contribution in [1.82, 2.24) is 10.2 Å². The van der Waals surface area contributed by atoms with Crippen molar-refractivity contribution in [3.05, 3.63) is 59.2 Å². The van der Waals surface area contributed by atoms with E-state index in [-0.39, 0.29) is 24.5 Å². The summed E-state index contributed by atoms with van der Waals surface area (Å²) in [4.78, 5) is 27.7. The summed E-state index contributed by atoms with van der Waals surface area (Å²) in [6.45, 7) is 5.96. The predicted molar refractivity (Wildman–Crippen MR) is 125 cm³/mol. The van der Waals surface area contributed by atoms with Crippen LogP contribution in [-0.4, -0.2) is 42.5 Å². The lowest BCUT2D eigenvalue weighted by Gasteiger charge is -2.29. The molecule has 32 heavy (non-hydrogen) atoms. The van der Waals surface area contributed by atoms with Crippen LogP contribution < -0.4 is 14.8 Å². The smallest absolute Gasteiger partial charge is 0.261 e. The van der Waals surface area contributed by atoms with Crippen LogP contribution in [0.3, 0.4) is 0 Å². The minimum atomic E-state index is -0.604. The Morgan fingerprint density at radius 2 is 1.66 bits per heavy atom. The molecule has 1 N–H and O–H groups in total. The summed E-state index contributed by atoms with van der Waals surface area (Å²) in [5.74, 6) is 1.05. The van der Waals surface area contributed by atoms with E-state index in [2.05, 4.69) is 11.4 Å². The van der Waals surface area contributed by atoms with E-state index in [0.717, 1.165) is 48.1 Å². The number of nitrogens with zero attached hydrogens (tertiary/aromatic N) is 1. The first kappa shape index (κ1) is 23.6. The molecular formula is C26H34N2O4. The molecule has 6 heteroatoms. The molecule has 0 saturated heterocycles. The van der Waals surface area contributed by atoms with Crippen molar-refractivity contribution in [3.63, 3.8) is 0 Å². The Kier molecular flexibility index (Phi) is 8.14. The summed E-state index contributed by atoms with van der Waals surface area (Å²) in [5.41, 5.74) is 3.07. The van der Waals surface area contributed by atoms with Gasteiger partial charge in [-0.25, -0.2) is 0 Å². The molecule has 2 aromatic carbocycles. The van der Waals surface area contributed by atoms with Crippen LogP contribution in [0.2, 0.25) is 0 Å². The number of aryl methyl sites for hydroxylation is 2. The molecule has 1 fully saturated rings. The van der Waals surface area contributed by atoms with Crippen molar-refractivity contribution in [2.24, 2.45) is 0 Å². The van der Waals surface area contributed by atoms with Crippen LogP contribution in [0.4, 0.5) is 0 Å². The predicted octanol–water partition coefficient (Wildman–Crippen LogP) is 4.17. The maximum atomic E-state index is 13.2. The molecule has 1 aliphatic carbocycles. The number of hydrogen-bond donors (Lipinski definition) is 1. The molecule has 1 aliphatic rings. The number of hydrogen-bond acceptors (Lipinski definition) is 4. The molecule has 0 heterocycles. The van der Waals surface area contributed by atoms with E-state index in [9.17, 15) is 9.59 Å². The Labute approximate surface area is 190 Å². The van der Waals surface area contributed by atoms with Crippen LogP contribution in [-0.2, 0) is 16.1 Å². The molecule has 172 valence electrons. The summed E-state index contributed by atoms with van der Waals surface area (Å²) >= 11 is 0. The first-order valence-corrected chi connectivity index (χ1v) is 11.3. The maximum Gasteiger partial charge on any atom is 0.261 e. The maximum absolute atomic E-state index is 13.2. The quantitative estimate of drug-likeness (QED) is 0.638. The number of amides is 2. The normalized spacial score (nSPS) is 14.6. The summed E-state index contributed by atoms with van der Waals surface area (Å²) < 4.78 is 11.0. The fourth-order valence-corrected chi connectivity index (χ4v) is 4.15. The SMILES string of the molecule is COc1ccc(CN(C(=O)COc2cc(C)cc(C)c2)[C@H](C)C(=O)NC2CCCC2)cc1. The van der Waals surface area contributed by atoms with Gasteiger partial charge in [-0.2, -0.15) is 0 Å². The van der Waals surface area contributed by atoms with E-state index in [1.807, 2.05) is 50.2 Å². The van der Waals surface area contributed by atoms with Gasteiger partial charge in [-0.15, -0.1) is 0 Å². The van der Waals surface area contributed by atoms with E-state index in [1.165, 1.54) is 0 Å². The number of carbonyl (C=O) groups excluding carboxylic acids is 2. The van der Waals surface area contributed by atoms with Gasteiger partial charge in [0.15, 0.2) is 6.61 Å². The Hall–Kier alpha value is -3.02. The van der Waals surface area contributed by atoms with Crippen LogP contribution in [0.1, 0.15) is 49.3 Å². The van der Waals surface area contributed by atoms with E-state index >= 15 is 0 Å². The van der Waals surface area contributed by atoms with Gasteiger partial charge in [-0.1, -0.05) is 31.0 Å². The molecule has 0 aromatic heterocycles. The Morgan fingerprint density at radius 3 is 2.25 bits per heavy atom. The lowest BCUT2D eigenvalue weighted by Crippen LogP contribution is -2.50. The minimum absolute atomic E-state index is 0.120. The number of benzene rings is 2. The van der Waals surface area contributed by atoms with Crippen LogP contribution >= 0.6 is 0 Å². The highest BCUT2D eigenvalue weighted by Crippen LogP contribution is 2.20. The third kappa shape index (κ3) is 6.49. The van der Waals surface area contributed by atoms with Gasteiger partial charge in [-0.3, -0.25) is 9.59 Å². The van der Waals surface area contributed by atoms with Gasteiger partial charge in [0.05, 0.1) is 7.11 Å². The van der Waals surface area contributed by atoms with Gasteiger partial charge in [-0.05, 0) is 74.6 Å². The molecule has 6 nitrogen and oxygen atoms in total. The second kappa shape index (κ2) is 11.0. The van der Waals surface area contributed by atoms with Crippen LogP contribution in [0.25, 0.3) is 0 Å². The highest BCUT2D eigenvalue weighted by atomic mass is 16.5.